The van der Waals surface area contributed by atoms with E-state index in [0.29, 0.717) is 0 Å². The zero-order valence-electron chi connectivity index (χ0n) is 15.7. The van der Waals surface area contributed by atoms with E-state index in [4.69, 9.17) is 9.47 Å². The van der Waals surface area contributed by atoms with E-state index in [9.17, 15) is 4.79 Å². The van der Waals surface area contributed by atoms with E-state index in [-0.39, 0.29) is 5.78 Å². The van der Waals surface area contributed by atoms with Gasteiger partial charge in [0, 0.05) is 44.0 Å². The summed E-state index contributed by atoms with van der Waals surface area (Å²) < 4.78 is 10.7. The zero-order valence-corrected chi connectivity index (χ0v) is 15.7. The Balaban J connectivity index is 1.57. The maximum Gasteiger partial charge on any atom is 0.161 e. The molecule has 0 bridgehead atoms. The highest BCUT2D eigenvalue weighted by atomic mass is 16.5. The van der Waals surface area contributed by atoms with Crippen LogP contribution in [0.15, 0.2) is 42.5 Å². The molecule has 0 unspecified atom stereocenters. The van der Waals surface area contributed by atoms with Gasteiger partial charge in [-0.2, -0.15) is 0 Å². The number of rotatable bonds is 6. The molecule has 2 aromatic rings. The molecule has 0 radical (unpaired) electrons. The van der Waals surface area contributed by atoms with E-state index in [2.05, 4.69) is 15.9 Å². The van der Waals surface area contributed by atoms with Crippen molar-refractivity contribution < 1.29 is 14.3 Å². The number of benzene rings is 2. The van der Waals surface area contributed by atoms with Crippen molar-refractivity contribution in [2.75, 3.05) is 45.3 Å². The first-order chi connectivity index (χ1) is 12.6. The summed E-state index contributed by atoms with van der Waals surface area (Å²) in [6, 6.07) is 14.0. The quantitative estimate of drug-likeness (QED) is 0.745. The molecule has 0 saturated carbocycles. The van der Waals surface area contributed by atoms with Crippen LogP contribution in [0.1, 0.15) is 22.8 Å². The molecule has 1 fully saturated rings. The van der Waals surface area contributed by atoms with Crippen LogP contribution in [0.2, 0.25) is 0 Å². The smallest absolute Gasteiger partial charge is 0.161 e. The van der Waals surface area contributed by atoms with Crippen molar-refractivity contribution in [2.45, 2.75) is 13.5 Å². The largest absolute Gasteiger partial charge is 0.493 e. The molecule has 26 heavy (non-hydrogen) atoms. The molecule has 2 aromatic carbocycles. The molecule has 1 saturated heterocycles. The summed E-state index contributed by atoms with van der Waals surface area (Å²) in [6.07, 6.45) is 0. The molecule has 5 nitrogen and oxygen atoms in total. The van der Waals surface area contributed by atoms with Crippen LogP contribution in [-0.2, 0) is 6.54 Å². The van der Waals surface area contributed by atoms with Crippen LogP contribution >= 0.6 is 0 Å². The second-order valence-electron chi connectivity index (χ2n) is 6.56. The van der Waals surface area contributed by atoms with Gasteiger partial charge >= 0.3 is 0 Å². The summed E-state index contributed by atoms with van der Waals surface area (Å²) in [6.45, 7) is 6.46. The van der Waals surface area contributed by atoms with Crippen LogP contribution in [0, 0.1) is 0 Å². The molecule has 0 aromatic heterocycles. The molecule has 3 rings (SSSR count). The van der Waals surface area contributed by atoms with Gasteiger partial charge in [-0.1, -0.05) is 6.07 Å². The van der Waals surface area contributed by atoms with Gasteiger partial charge in [0.05, 0.1) is 14.2 Å². The Kier molecular flexibility index (Phi) is 5.78. The fourth-order valence-electron chi connectivity index (χ4n) is 3.31. The minimum Gasteiger partial charge on any atom is -0.493 e. The van der Waals surface area contributed by atoms with E-state index >= 15 is 0 Å². The lowest BCUT2D eigenvalue weighted by atomic mass is 10.1. The van der Waals surface area contributed by atoms with Crippen LogP contribution in [-0.4, -0.2) is 51.1 Å². The van der Waals surface area contributed by atoms with Crippen molar-refractivity contribution in [2.24, 2.45) is 0 Å². The van der Waals surface area contributed by atoms with Crippen molar-refractivity contribution in [3.8, 4) is 11.5 Å². The SMILES string of the molecule is COc1ccc(CN2CCN(c3ccc(C(C)=O)cc3)CC2)cc1OC. The van der Waals surface area contributed by atoms with Gasteiger partial charge in [0.2, 0.25) is 0 Å². The van der Waals surface area contributed by atoms with Gasteiger partial charge < -0.3 is 14.4 Å². The molecule has 0 N–H and O–H groups in total. The molecule has 0 aliphatic carbocycles. The molecule has 1 heterocycles. The number of hydrogen-bond donors (Lipinski definition) is 0. The number of ether oxygens (including phenoxy) is 2. The Morgan fingerprint density at radius 2 is 1.58 bits per heavy atom. The Bertz CT molecular complexity index is 750. The summed E-state index contributed by atoms with van der Waals surface area (Å²) in [5.41, 5.74) is 3.17. The first-order valence-electron chi connectivity index (χ1n) is 8.90. The second-order valence-corrected chi connectivity index (χ2v) is 6.56. The van der Waals surface area contributed by atoms with E-state index in [1.807, 2.05) is 36.4 Å². The van der Waals surface area contributed by atoms with E-state index in [0.717, 1.165) is 49.8 Å². The first-order valence-corrected chi connectivity index (χ1v) is 8.90. The van der Waals surface area contributed by atoms with Crippen LogP contribution in [0.4, 0.5) is 5.69 Å². The predicted molar refractivity (Wildman–Crippen MR) is 103 cm³/mol. The second kappa shape index (κ2) is 8.23. The highest BCUT2D eigenvalue weighted by molar-refractivity contribution is 5.94. The number of Topliss-reactive ketones (excluding diaryl/α,β-unsaturated/α-hetero) is 1. The average Bonchev–Trinajstić information content (AvgIpc) is 2.68. The average molecular weight is 354 g/mol. The van der Waals surface area contributed by atoms with Crippen molar-refractivity contribution in [3.63, 3.8) is 0 Å². The lowest BCUT2D eigenvalue weighted by Crippen LogP contribution is -2.45. The van der Waals surface area contributed by atoms with E-state index < -0.39 is 0 Å². The topological polar surface area (TPSA) is 42.0 Å². The van der Waals surface area contributed by atoms with Crippen molar-refractivity contribution in [3.05, 3.63) is 53.6 Å². The molecular weight excluding hydrogens is 328 g/mol. The lowest BCUT2D eigenvalue weighted by molar-refractivity contribution is 0.101. The van der Waals surface area contributed by atoms with Crippen molar-refractivity contribution in [1.82, 2.24) is 4.90 Å². The summed E-state index contributed by atoms with van der Waals surface area (Å²) in [7, 11) is 3.32. The number of anilines is 1. The number of piperazine rings is 1. The minimum absolute atomic E-state index is 0.108. The molecule has 0 spiro atoms. The Hall–Kier alpha value is -2.53. The zero-order chi connectivity index (χ0) is 18.5. The normalized spacial score (nSPS) is 15.0. The fraction of sp³-hybridized carbons (Fsp3) is 0.381. The van der Waals surface area contributed by atoms with Crippen LogP contribution in [0.25, 0.3) is 0 Å². The van der Waals surface area contributed by atoms with Crippen LogP contribution in [0.5, 0.6) is 11.5 Å². The molecular formula is C21H26N2O3. The Labute approximate surface area is 155 Å². The van der Waals surface area contributed by atoms with Gasteiger partial charge in [-0.15, -0.1) is 0 Å². The lowest BCUT2D eigenvalue weighted by Gasteiger charge is -2.36. The van der Waals surface area contributed by atoms with Crippen molar-refractivity contribution >= 4 is 11.5 Å². The maximum atomic E-state index is 11.4. The number of methoxy groups -OCH3 is 2. The highest BCUT2D eigenvalue weighted by Crippen LogP contribution is 2.28. The van der Waals surface area contributed by atoms with E-state index in [1.165, 1.54) is 11.3 Å². The number of carbonyl (C=O) groups is 1. The molecule has 1 aliphatic rings. The van der Waals surface area contributed by atoms with Gasteiger partial charge in [-0.3, -0.25) is 9.69 Å². The molecule has 1 aliphatic heterocycles. The minimum atomic E-state index is 0.108. The van der Waals surface area contributed by atoms with E-state index in [1.54, 1.807) is 21.1 Å². The summed E-state index contributed by atoms with van der Waals surface area (Å²) in [4.78, 5) is 16.2. The third-order valence-electron chi connectivity index (χ3n) is 4.87. The van der Waals surface area contributed by atoms with Gasteiger partial charge in [-0.05, 0) is 48.9 Å². The fourth-order valence-corrected chi connectivity index (χ4v) is 3.31. The first kappa shape index (κ1) is 18.3. The van der Waals surface area contributed by atoms with Gasteiger partial charge in [0.25, 0.3) is 0 Å². The monoisotopic (exact) mass is 354 g/mol. The number of nitrogens with zero attached hydrogens (tertiary/aromatic N) is 2. The predicted octanol–water partition coefficient (Wildman–Crippen LogP) is 3.23. The van der Waals surface area contributed by atoms with Gasteiger partial charge in [0.15, 0.2) is 17.3 Å². The Morgan fingerprint density at radius 1 is 0.923 bits per heavy atom. The summed E-state index contributed by atoms with van der Waals surface area (Å²) >= 11 is 0. The summed E-state index contributed by atoms with van der Waals surface area (Å²) in [5, 5.41) is 0. The molecule has 138 valence electrons. The van der Waals surface area contributed by atoms with Gasteiger partial charge in [-0.25, -0.2) is 0 Å². The number of carbonyl (C=O) groups excluding carboxylic acids is 1. The third kappa shape index (κ3) is 4.17. The highest BCUT2D eigenvalue weighted by Gasteiger charge is 2.18. The standard InChI is InChI=1S/C21H26N2O3/c1-16(24)18-5-7-19(8-6-18)23-12-10-22(11-13-23)15-17-4-9-20(25-2)21(14-17)26-3/h4-9,14H,10-13,15H2,1-3H3. The maximum absolute atomic E-state index is 11.4. The van der Waals surface area contributed by atoms with Gasteiger partial charge in [0.1, 0.15) is 0 Å². The molecule has 0 amide bonds. The van der Waals surface area contributed by atoms with Crippen molar-refractivity contribution in [1.29, 1.82) is 0 Å². The molecule has 0 atom stereocenters. The molecule has 5 heteroatoms. The van der Waals surface area contributed by atoms with Crippen LogP contribution < -0.4 is 14.4 Å². The third-order valence-corrected chi connectivity index (χ3v) is 4.87. The number of hydrogen-bond acceptors (Lipinski definition) is 5. The summed E-state index contributed by atoms with van der Waals surface area (Å²) in [5.74, 6) is 1.64. The number of ketones is 1. The Morgan fingerprint density at radius 3 is 2.15 bits per heavy atom. The van der Waals surface area contributed by atoms with Crippen LogP contribution in [0.3, 0.4) is 0 Å².